The molecule has 3 rings (SSSR count). The Morgan fingerprint density at radius 2 is 1.30 bits per heavy atom. The summed E-state index contributed by atoms with van der Waals surface area (Å²) in [7, 11) is 0. The summed E-state index contributed by atoms with van der Waals surface area (Å²) in [6, 6.07) is 25.2. The van der Waals surface area contributed by atoms with Crippen molar-refractivity contribution in [2.45, 2.75) is 0 Å². The lowest BCUT2D eigenvalue weighted by molar-refractivity contribution is -0.123. The number of benzene rings is 3. The van der Waals surface area contributed by atoms with Crippen LogP contribution in [0.2, 0.25) is 0 Å². The predicted molar refractivity (Wildman–Crippen MR) is 115 cm³/mol. The van der Waals surface area contributed by atoms with Crippen molar-refractivity contribution < 1.29 is 19.1 Å². The predicted octanol–water partition coefficient (Wildman–Crippen LogP) is 3.23. The molecule has 0 saturated carbocycles. The van der Waals surface area contributed by atoms with Crippen LogP contribution < -0.4 is 20.2 Å². The molecule has 3 aromatic carbocycles. The second-order valence-corrected chi connectivity index (χ2v) is 6.17. The molecule has 0 aliphatic rings. The van der Waals surface area contributed by atoms with Crippen LogP contribution in [0.15, 0.2) is 90.0 Å². The van der Waals surface area contributed by atoms with Crippen molar-refractivity contribution in [1.29, 1.82) is 0 Å². The third-order valence-corrected chi connectivity index (χ3v) is 3.82. The number of ether oxygens (including phenoxy) is 2. The van der Waals surface area contributed by atoms with Gasteiger partial charge in [0.15, 0.2) is 13.2 Å². The highest BCUT2D eigenvalue weighted by Crippen LogP contribution is 2.12. The first-order valence-electron chi connectivity index (χ1n) is 9.26. The molecule has 0 saturated heterocycles. The van der Waals surface area contributed by atoms with Gasteiger partial charge in [-0.3, -0.25) is 9.59 Å². The normalized spacial score (nSPS) is 10.4. The summed E-state index contributed by atoms with van der Waals surface area (Å²) in [5.41, 5.74) is 3.88. The number of para-hydroxylation sites is 2. The fourth-order valence-electron chi connectivity index (χ4n) is 2.39. The van der Waals surface area contributed by atoms with E-state index in [1.54, 1.807) is 48.5 Å². The zero-order valence-electron chi connectivity index (χ0n) is 16.2. The molecule has 0 radical (unpaired) electrons. The summed E-state index contributed by atoms with van der Waals surface area (Å²) >= 11 is 0. The van der Waals surface area contributed by atoms with E-state index in [-0.39, 0.29) is 25.0 Å². The molecular weight excluding hydrogens is 382 g/mol. The lowest BCUT2D eigenvalue weighted by Crippen LogP contribution is -2.24. The summed E-state index contributed by atoms with van der Waals surface area (Å²) in [6.45, 7) is -0.223. The van der Waals surface area contributed by atoms with E-state index in [0.29, 0.717) is 17.2 Å². The van der Waals surface area contributed by atoms with Crippen LogP contribution in [0.25, 0.3) is 0 Å². The largest absolute Gasteiger partial charge is 0.484 e. The topological polar surface area (TPSA) is 89.0 Å². The van der Waals surface area contributed by atoms with E-state index in [0.717, 1.165) is 5.56 Å². The molecular formula is C23H21N3O4. The maximum absolute atomic E-state index is 11.9. The van der Waals surface area contributed by atoms with E-state index < -0.39 is 0 Å². The molecule has 7 nitrogen and oxygen atoms in total. The van der Waals surface area contributed by atoms with Gasteiger partial charge in [0.05, 0.1) is 6.21 Å². The molecule has 0 aliphatic heterocycles. The molecule has 0 fully saturated rings. The van der Waals surface area contributed by atoms with Gasteiger partial charge in [-0.05, 0) is 54.1 Å². The number of hydrogen-bond acceptors (Lipinski definition) is 5. The smallest absolute Gasteiger partial charge is 0.277 e. The van der Waals surface area contributed by atoms with Crippen molar-refractivity contribution in [3.05, 3.63) is 90.5 Å². The van der Waals surface area contributed by atoms with E-state index >= 15 is 0 Å². The van der Waals surface area contributed by atoms with Crippen LogP contribution in [0, 0.1) is 0 Å². The molecule has 0 bridgehead atoms. The molecule has 152 valence electrons. The third kappa shape index (κ3) is 7.12. The van der Waals surface area contributed by atoms with Gasteiger partial charge < -0.3 is 14.8 Å². The lowest BCUT2D eigenvalue weighted by Gasteiger charge is -2.07. The van der Waals surface area contributed by atoms with Gasteiger partial charge in [-0.15, -0.1) is 0 Å². The van der Waals surface area contributed by atoms with Crippen LogP contribution in [0.1, 0.15) is 5.56 Å². The summed E-state index contributed by atoms with van der Waals surface area (Å²) in [5.74, 6) is 0.562. The van der Waals surface area contributed by atoms with Crippen molar-refractivity contribution >= 4 is 23.7 Å². The van der Waals surface area contributed by atoms with E-state index in [2.05, 4.69) is 15.8 Å². The van der Waals surface area contributed by atoms with Crippen LogP contribution in [0.3, 0.4) is 0 Å². The number of nitrogens with one attached hydrogen (secondary N) is 2. The van der Waals surface area contributed by atoms with Crippen molar-refractivity contribution in [2.75, 3.05) is 18.5 Å². The SMILES string of the molecule is O=C(COc1ccccc1)N/N=C\c1ccc(OCC(=O)Nc2ccccc2)cc1. The van der Waals surface area contributed by atoms with Gasteiger partial charge in [-0.2, -0.15) is 5.10 Å². The molecule has 0 aromatic heterocycles. The first-order chi connectivity index (χ1) is 14.7. The van der Waals surface area contributed by atoms with Gasteiger partial charge in [-0.1, -0.05) is 36.4 Å². The number of rotatable bonds is 9. The van der Waals surface area contributed by atoms with E-state index in [1.807, 2.05) is 36.4 Å². The molecule has 0 aliphatic carbocycles. The Hall–Kier alpha value is -4.13. The molecule has 0 spiro atoms. The minimum Gasteiger partial charge on any atom is -0.484 e. The first kappa shape index (κ1) is 20.6. The number of anilines is 1. The van der Waals surface area contributed by atoms with Gasteiger partial charge in [0.25, 0.3) is 11.8 Å². The average molecular weight is 403 g/mol. The number of hydrogen-bond donors (Lipinski definition) is 2. The van der Waals surface area contributed by atoms with Crippen LogP contribution in [0.5, 0.6) is 11.5 Å². The highest BCUT2D eigenvalue weighted by atomic mass is 16.5. The van der Waals surface area contributed by atoms with E-state index in [1.165, 1.54) is 6.21 Å². The Kier molecular flexibility index (Phi) is 7.56. The maximum Gasteiger partial charge on any atom is 0.277 e. The number of nitrogens with zero attached hydrogens (tertiary/aromatic N) is 1. The molecule has 0 heterocycles. The van der Waals surface area contributed by atoms with Crippen molar-refractivity contribution in [3.8, 4) is 11.5 Å². The second kappa shape index (κ2) is 11.0. The summed E-state index contributed by atoms with van der Waals surface area (Å²) in [4.78, 5) is 23.6. The monoisotopic (exact) mass is 403 g/mol. The van der Waals surface area contributed by atoms with Gasteiger partial charge in [-0.25, -0.2) is 5.43 Å². The number of amides is 2. The average Bonchev–Trinajstić information content (AvgIpc) is 2.78. The van der Waals surface area contributed by atoms with Crippen molar-refractivity contribution in [2.24, 2.45) is 5.10 Å². The molecule has 0 unspecified atom stereocenters. The summed E-state index contributed by atoms with van der Waals surface area (Å²) in [5, 5.41) is 6.64. The van der Waals surface area contributed by atoms with Gasteiger partial charge in [0, 0.05) is 5.69 Å². The highest BCUT2D eigenvalue weighted by Gasteiger charge is 2.04. The molecule has 0 atom stereocenters. The Morgan fingerprint density at radius 3 is 1.97 bits per heavy atom. The molecule has 2 amide bonds. The maximum atomic E-state index is 11.9. The van der Waals surface area contributed by atoms with Crippen molar-refractivity contribution in [1.82, 2.24) is 5.43 Å². The molecule has 7 heteroatoms. The third-order valence-electron chi connectivity index (χ3n) is 3.82. The Bertz CT molecular complexity index is 974. The zero-order valence-corrected chi connectivity index (χ0v) is 16.2. The fourth-order valence-corrected chi connectivity index (χ4v) is 2.39. The molecule has 30 heavy (non-hydrogen) atoms. The minimum absolute atomic E-state index is 0.0974. The Balaban J connectivity index is 1.38. The Morgan fingerprint density at radius 1 is 0.733 bits per heavy atom. The van der Waals surface area contributed by atoms with E-state index in [9.17, 15) is 9.59 Å². The van der Waals surface area contributed by atoms with Gasteiger partial charge in [0.2, 0.25) is 0 Å². The number of hydrazone groups is 1. The minimum atomic E-state index is -0.362. The first-order valence-corrected chi connectivity index (χ1v) is 9.26. The fraction of sp³-hybridized carbons (Fsp3) is 0.0870. The Labute approximate surface area is 174 Å². The van der Waals surface area contributed by atoms with E-state index in [4.69, 9.17) is 9.47 Å². The quantitative estimate of drug-likeness (QED) is 0.424. The summed E-state index contributed by atoms with van der Waals surface area (Å²) in [6.07, 6.45) is 1.51. The molecule has 3 aromatic rings. The van der Waals surface area contributed by atoms with Crippen LogP contribution in [0.4, 0.5) is 5.69 Å². The van der Waals surface area contributed by atoms with Gasteiger partial charge >= 0.3 is 0 Å². The standard InChI is InChI=1S/C23H21N3O4/c27-22(25-19-7-3-1-4-8-19)16-29-21-13-11-18(12-14-21)15-24-26-23(28)17-30-20-9-5-2-6-10-20/h1-15H,16-17H2,(H,25,27)(H,26,28)/b24-15-. The van der Waals surface area contributed by atoms with Crippen LogP contribution >= 0.6 is 0 Å². The highest BCUT2D eigenvalue weighted by molar-refractivity contribution is 5.91. The zero-order chi connectivity index (χ0) is 21.0. The second-order valence-electron chi connectivity index (χ2n) is 6.17. The lowest BCUT2D eigenvalue weighted by atomic mass is 10.2. The van der Waals surface area contributed by atoms with Crippen LogP contribution in [-0.2, 0) is 9.59 Å². The van der Waals surface area contributed by atoms with Crippen molar-refractivity contribution in [3.63, 3.8) is 0 Å². The number of carbonyl (C=O) groups is 2. The number of carbonyl (C=O) groups excluding carboxylic acids is 2. The van der Waals surface area contributed by atoms with Gasteiger partial charge in [0.1, 0.15) is 11.5 Å². The summed E-state index contributed by atoms with van der Waals surface area (Å²) < 4.78 is 10.8. The van der Waals surface area contributed by atoms with Crippen LogP contribution in [-0.4, -0.2) is 31.2 Å². The molecule has 2 N–H and O–H groups in total.